The highest BCUT2D eigenvalue weighted by atomic mass is 16.2. The number of carbonyl (C=O) groups is 1. The van der Waals surface area contributed by atoms with E-state index in [4.69, 9.17) is 0 Å². The molecule has 140 valence electrons. The summed E-state index contributed by atoms with van der Waals surface area (Å²) in [6.07, 6.45) is 5.95. The van der Waals surface area contributed by atoms with Crippen molar-refractivity contribution < 1.29 is 4.79 Å². The summed E-state index contributed by atoms with van der Waals surface area (Å²) < 4.78 is 0. The third-order valence-corrected chi connectivity index (χ3v) is 7.03. The van der Waals surface area contributed by atoms with Gasteiger partial charge in [0.25, 0.3) is 5.91 Å². The molecule has 0 radical (unpaired) electrons. The fourth-order valence-electron chi connectivity index (χ4n) is 5.60. The number of hydrogen-bond acceptors (Lipinski definition) is 3. The lowest BCUT2D eigenvalue weighted by Crippen LogP contribution is -2.60. The summed E-state index contributed by atoms with van der Waals surface area (Å²) in [6, 6.07) is 11.7. The molecule has 4 nitrogen and oxygen atoms in total. The molecule has 2 aromatic rings. The van der Waals surface area contributed by atoms with Crippen LogP contribution in [0.5, 0.6) is 0 Å². The molecule has 1 aromatic carbocycles. The predicted octanol–water partition coefficient (Wildman–Crippen LogP) is 3.40. The van der Waals surface area contributed by atoms with Crippen LogP contribution >= 0.6 is 0 Å². The number of rotatable bonds is 2. The highest BCUT2D eigenvalue weighted by Gasteiger charge is 2.54. The molecule has 2 bridgehead atoms. The molecular weight excluding hydrogens is 334 g/mol. The van der Waals surface area contributed by atoms with Gasteiger partial charge in [-0.05, 0) is 62.9 Å². The third-order valence-electron chi connectivity index (χ3n) is 7.03. The molecule has 1 amide bonds. The number of aryl methyl sites for hydroxylation is 2. The number of piperidine rings is 3. The molecule has 5 heterocycles. The highest BCUT2D eigenvalue weighted by molar-refractivity contribution is 5.96. The van der Waals surface area contributed by atoms with Gasteiger partial charge < -0.3 is 4.90 Å². The zero-order valence-electron chi connectivity index (χ0n) is 16.1. The highest BCUT2D eigenvalue weighted by Crippen LogP contribution is 2.47. The largest absolute Gasteiger partial charge is 0.333 e. The van der Waals surface area contributed by atoms with E-state index in [-0.39, 0.29) is 5.91 Å². The standard InChI is InChI=1S/C23H27N3O/c1-15-3-5-17(6-4-15)20-14-26(23(27)19-13-24-10-7-16(19)2)21-18-8-11-25(12-9-18)22(20)21/h3-7,10,13,18,20-22H,8-9,11-12,14H2,1-2H3/t20-,21+,22+/m0/s1. The van der Waals surface area contributed by atoms with E-state index in [1.807, 2.05) is 13.0 Å². The van der Waals surface area contributed by atoms with E-state index in [0.717, 1.165) is 17.7 Å². The predicted molar refractivity (Wildman–Crippen MR) is 106 cm³/mol. The van der Waals surface area contributed by atoms with Gasteiger partial charge in [0.15, 0.2) is 0 Å². The van der Waals surface area contributed by atoms with Crippen LogP contribution in [0, 0.1) is 19.8 Å². The number of nitrogens with zero attached hydrogens (tertiary/aromatic N) is 3. The number of pyridine rings is 1. The van der Waals surface area contributed by atoms with Crippen LogP contribution in [0.2, 0.25) is 0 Å². The lowest BCUT2D eigenvalue weighted by Gasteiger charge is -2.51. The molecule has 0 N–H and O–H groups in total. The molecular formula is C23H27N3O. The fraction of sp³-hybridized carbons (Fsp3) is 0.478. The lowest BCUT2D eigenvalue weighted by atomic mass is 9.75. The average Bonchev–Trinajstić information content (AvgIpc) is 3.12. The monoisotopic (exact) mass is 361 g/mol. The Balaban J connectivity index is 1.53. The Kier molecular flexibility index (Phi) is 4.05. The number of likely N-dealkylation sites (tertiary alicyclic amines) is 1. The van der Waals surface area contributed by atoms with E-state index in [0.29, 0.717) is 23.9 Å². The maximum atomic E-state index is 13.5. The second kappa shape index (κ2) is 6.45. The molecule has 4 saturated heterocycles. The van der Waals surface area contributed by atoms with E-state index < -0.39 is 0 Å². The minimum atomic E-state index is 0.166. The first-order chi connectivity index (χ1) is 13.1. The van der Waals surface area contributed by atoms with Crippen molar-refractivity contribution in [2.24, 2.45) is 5.92 Å². The Morgan fingerprint density at radius 3 is 2.48 bits per heavy atom. The summed E-state index contributed by atoms with van der Waals surface area (Å²) in [5, 5.41) is 0. The number of carbonyl (C=O) groups excluding carboxylic acids is 1. The van der Waals surface area contributed by atoms with Gasteiger partial charge in [0.05, 0.1) is 11.6 Å². The topological polar surface area (TPSA) is 36.4 Å². The van der Waals surface area contributed by atoms with Crippen molar-refractivity contribution in [3.8, 4) is 0 Å². The Bertz CT molecular complexity index is 854. The number of amides is 1. The first-order valence-corrected chi connectivity index (χ1v) is 10.2. The van der Waals surface area contributed by atoms with Crippen LogP contribution in [0.15, 0.2) is 42.7 Å². The molecule has 0 spiro atoms. The molecule has 27 heavy (non-hydrogen) atoms. The molecule has 4 heteroatoms. The molecule has 1 aromatic heterocycles. The van der Waals surface area contributed by atoms with Crippen LogP contribution in [0.25, 0.3) is 0 Å². The molecule has 0 saturated carbocycles. The van der Waals surface area contributed by atoms with Crippen molar-refractivity contribution in [1.82, 2.24) is 14.8 Å². The van der Waals surface area contributed by atoms with Crippen LogP contribution in [0.3, 0.4) is 0 Å². The number of fused-ring (bicyclic) bond motifs is 2. The second-order valence-electron chi connectivity index (χ2n) is 8.52. The minimum absolute atomic E-state index is 0.166. The maximum absolute atomic E-state index is 13.5. The van der Waals surface area contributed by atoms with Gasteiger partial charge in [0, 0.05) is 30.9 Å². The van der Waals surface area contributed by atoms with Gasteiger partial charge in [-0.25, -0.2) is 0 Å². The van der Waals surface area contributed by atoms with E-state index >= 15 is 0 Å². The van der Waals surface area contributed by atoms with Crippen LogP contribution in [0.1, 0.15) is 45.8 Å². The molecule has 0 unspecified atom stereocenters. The van der Waals surface area contributed by atoms with Gasteiger partial charge in [0.2, 0.25) is 0 Å². The lowest BCUT2D eigenvalue weighted by molar-refractivity contribution is -0.00344. The van der Waals surface area contributed by atoms with Gasteiger partial charge in [-0.15, -0.1) is 0 Å². The van der Waals surface area contributed by atoms with Gasteiger partial charge in [-0.1, -0.05) is 29.8 Å². The van der Waals surface area contributed by atoms with Gasteiger partial charge in [-0.3, -0.25) is 14.7 Å². The normalized spacial score (nSPS) is 31.8. The summed E-state index contributed by atoms with van der Waals surface area (Å²) in [5.74, 6) is 1.20. The van der Waals surface area contributed by atoms with Gasteiger partial charge in [0.1, 0.15) is 0 Å². The smallest absolute Gasteiger partial charge is 0.256 e. The quantitative estimate of drug-likeness (QED) is 0.823. The van der Waals surface area contributed by atoms with Crippen LogP contribution in [-0.2, 0) is 0 Å². The van der Waals surface area contributed by atoms with Crippen LogP contribution in [-0.4, -0.2) is 52.4 Å². The summed E-state index contributed by atoms with van der Waals surface area (Å²) in [4.78, 5) is 22.6. The van der Waals surface area contributed by atoms with E-state index in [1.165, 1.54) is 37.1 Å². The molecule has 0 aliphatic carbocycles. The maximum Gasteiger partial charge on any atom is 0.256 e. The van der Waals surface area contributed by atoms with Crippen LogP contribution < -0.4 is 0 Å². The molecule has 4 aliphatic heterocycles. The first-order valence-electron chi connectivity index (χ1n) is 10.2. The Labute approximate surface area is 161 Å². The van der Waals surface area contributed by atoms with E-state index in [9.17, 15) is 4.79 Å². The average molecular weight is 361 g/mol. The van der Waals surface area contributed by atoms with Crippen molar-refractivity contribution >= 4 is 5.91 Å². The van der Waals surface area contributed by atoms with E-state index in [2.05, 4.69) is 46.0 Å². The number of benzene rings is 1. The van der Waals surface area contributed by atoms with Crippen molar-refractivity contribution in [3.05, 3.63) is 65.0 Å². The molecule has 3 atom stereocenters. The zero-order chi connectivity index (χ0) is 18.5. The number of hydrogen-bond donors (Lipinski definition) is 0. The molecule has 6 rings (SSSR count). The Hall–Kier alpha value is -2.20. The van der Waals surface area contributed by atoms with Crippen molar-refractivity contribution in [2.75, 3.05) is 19.6 Å². The van der Waals surface area contributed by atoms with E-state index in [1.54, 1.807) is 12.4 Å². The van der Waals surface area contributed by atoms with Crippen molar-refractivity contribution in [2.45, 2.75) is 44.7 Å². The third kappa shape index (κ3) is 2.69. The zero-order valence-corrected chi connectivity index (χ0v) is 16.1. The Morgan fingerprint density at radius 2 is 1.78 bits per heavy atom. The first kappa shape index (κ1) is 16.9. The molecule has 4 fully saturated rings. The minimum Gasteiger partial charge on any atom is -0.333 e. The summed E-state index contributed by atoms with van der Waals surface area (Å²) in [5.41, 5.74) is 4.45. The number of aromatic nitrogens is 1. The SMILES string of the molecule is Cc1ccc([C@@H]2CN(C(=O)c3cnccc3C)[C@@H]3C4CCN(CC4)[C@@H]32)cc1. The fourth-order valence-corrected chi connectivity index (χ4v) is 5.60. The summed E-state index contributed by atoms with van der Waals surface area (Å²) >= 11 is 0. The summed E-state index contributed by atoms with van der Waals surface area (Å²) in [7, 11) is 0. The Morgan fingerprint density at radius 1 is 1.04 bits per heavy atom. The van der Waals surface area contributed by atoms with Gasteiger partial charge >= 0.3 is 0 Å². The van der Waals surface area contributed by atoms with Crippen LogP contribution in [0.4, 0.5) is 0 Å². The second-order valence-corrected chi connectivity index (χ2v) is 8.52. The van der Waals surface area contributed by atoms with Crippen molar-refractivity contribution in [3.63, 3.8) is 0 Å². The van der Waals surface area contributed by atoms with Gasteiger partial charge in [-0.2, -0.15) is 0 Å². The van der Waals surface area contributed by atoms with Crippen molar-refractivity contribution in [1.29, 1.82) is 0 Å². The molecule has 4 aliphatic rings. The summed E-state index contributed by atoms with van der Waals surface area (Å²) in [6.45, 7) is 7.33.